The number of sulfonamides is 1. The highest BCUT2D eigenvalue weighted by molar-refractivity contribution is 7.89. The second-order valence-corrected chi connectivity index (χ2v) is 7.41. The lowest BCUT2D eigenvalue weighted by molar-refractivity contribution is 0.0702. The maximum Gasteiger partial charge on any atom is 0.345 e. The predicted molar refractivity (Wildman–Crippen MR) is 81.5 cm³/mol. The van der Waals surface area contributed by atoms with E-state index < -0.39 is 22.0 Å². The average molecular weight is 346 g/mol. The minimum absolute atomic E-state index is 0.0190. The van der Waals surface area contributed by atoms with Crippen LogP contribution in [0.4, 0.5) is 0 Å². The Kier molecular flexibility index (Phi) is 4.67. The number of carboxylic acid groups (broad SMARTS) is 1. The highest BCUT2D eigenvalue weighted by Crippen LogP contribution is 2.22. The smallest absolute Gasteiger partial charge is 0.345 e. The summed E-state index contributed by atoms with van der Waals surface area (Å²) < 4.78 is 26.9. The number of benzene rings is 1. The van der Waals surface area contributed by atoms with Crippen molar-refractivity contribution in [2.45, 2.75) is 17.9 Å². The molecule has 0 aliphatic carbocycles. The van der Waals surface area contributed by atoms with Gasteiger partial charge in [-0.15, -0.1) is 11.3 Å². The van der Waals surface area contributed by atoms with Gasteiger partial charge in [0, 0.05) is 16.4 Å². The van der Waals surface area contributed by atoms with Gasteiger partial charge in [-0.3, -0.25) is 0 Å². The Morgan fingerprint density at radius 3 is 2.48 bits per heavy atom. The SMILES string of the molecule is CC(NS(=O)(=O)c1csc(C(=O)O)c1)c1ccc(Cl)cc1. The molecule has 0 aliphatic heterocycles. The van der Waals surface area contributed by atoms with Crippen LogP contribution in [0.3, 0.4) is 0 Å². The van der Waals surface area contributed by atoms with Crippen molar-refractivity contribution in [3.8, 4) is 0 Å². The van der Waals surface area contributed by atoms with E-state index in [0.717, 1.165) is 23.0 Å². The molecule has 2 N–H and O–H groups in total. The Bertz CT molecular complexity index is 753. The van der Waals surface area contributed by atoms with E-state index in [2.05, 4.69) is 4.72 Å². The second kappa shape index (κ2) is 6.15. The monoisotopic (exact) mass is 345 g/mol. The molecule has 8 heteroatoms. The van der Waals surface area contributed by atoms with Crippen molar-refractivity contribution >= 4 is 38.9 Å². The van der Waals surface area contributed by atoms with Crippen LogP contribution in [0.2, 0.25) is 5.02 Å². The number of aromatic carboxylic acids is 1. The van der Waals surface area contributed by atoms with Gasteiger partial charge in [0.25, 0.3) is 0 Å². The number of rotatable bonds is 5. The van der Waals surface area contributed by atoms with Crippen molar-refractivity contribution in [2.24, 2.45) is 0 Å². The fourth-order valence-corrected chi connectivity index (χ4v) is 4.16. The number of halogens is 1. The van der Waals surface area contributed by atoms with Crippen LogP contribution < -0.4 is 4.72 Å². The molecule has 0 bridgehead atoms. The Balaban J connectivity index is 2.20. The topological polar surface area (TPSA) is 83.5 Å². The Morgan fingerprint density at radius 1 is 1.33 bits per heavy atom. The quantitative estimate of drug-likeness (QED) is 0.872. The van der Waals surface area contributed by atoms with E-state index in [4.69, 9.17) is 16.7 Å². The fourth-order valence-electron chi connectivity index (χ4n) is 1.69. The van der Waals surface area contributed by atoms with Crippen LogP contribution in [0.25, 0.3) is 0 Å². The molecule has 1 unspecified atom stereocenters. The van der Waals surface area contributed by atoms with E-state index in [-0.39, 0.29) is 9.77 Å². The van der Waals surface area contributed by atoms with E-state index in [9.17, 15) is 13.2 Å². The summed E-state index contributed by atoms with van der Waals surface area (Å²) in [6.45, 7) is 1.70. The molecule has 5 nitrogen and oxygen atoms in total. The molecule has 0 saturated carbocycles. The van der Waals surface area contributed by atoms with Gasteiger partial charge in [0.15, 0.2) is 0 Å². The summed E-state index contributed by atoms with van der Waals surface area (Å²) >= 11 is 6.66. The van der Waals surface area contributed by atoms with Gasteiger partial charge in [-0.25, -0.2) is 17.9 Å². The maximum absolute atomic E-state index is 12.2. The summed E-state index contributed by atoms with van der Waals surface area (Å²) in [5.74, 6) is -1.15. The summed E-state index contributed by atoms with van der Waals surface area (Å²) in [5.41, 5.74) is 0.761. The number of nitrogens with one attached hydrogen (secondary N) is 1. The van der Waals surface area contributed by atoms with E-state index in [0.29, 0.717) is 5.02 Å². The summed E-state index contributed by atoms with van der Waals surface area (Å²) in [4.78, 5) is 10.7. The highest BCUT2D eigenvalue weighted by Gasteiger charge is 2.21. The summed E-state index contributed by atoms with van der Waals surface area (Å²) in [5, 5.41) is 10.7. The van der Waals surface area contributed by atoms with E-state index >= 15 is 0 Å². The Hall–Kier alpha value is -1.41. The van der Waals surface area contributed by atoms with Crippen LogP contribution in [0.1, 0.15) is 28.2 Å². The molecule has 21 heavy (non-hydrogen) atoms. The van der Waals surface area contributed by atoms with E-state index in [1.54, 1.807) is 31.2 Å². The van der Waals surface area contributed by atoms with Gasteiger partial charge in [0.05, 0.1) is 4.90 Å². The zero-order valence-corrected chi connectivity index (χ0v) is 13.3. The minimum atomic E-state index is -3.77. The largest absolute Gasteiger partial charge is 0.477 e. The molecule has 0 amide bonds. The third-order valence-electron chi connectivity index (χ3n) is 2.80. The molecule has 0 radical (unpaired) electrons. The molecular weight excluding hydrogens is 334 g/mol. The first-order valence-electron chi connectivity index (χ1n) is 5.89. The number of carboxylic acids is 1. The van der Waals surface area contributed by atoms with Crippen molar-refractivity contribution in [3.05, 3.63) is 51.2 Å². The molecule has 0 fully saturated rings. The third kappa shape index (κ3) is 3.82. The molecule has 1 aromatic heterocycles. The maximum atomic E-state index is 12.2. The molecule has 2 aromatic rings. The lowest BCUT2D eigenvalue weighted by atomic mass is 10.1. The number of carbonyl (C=O) groups is 1. The molecule has 0 aliphatic rings. The summed E-state index contributed by atoms with van der Waals surface area (Å²) in [6, 6.07) is 7.49. The number of hydrogen-bond donors (Lipinski definition) is 2. The van der Waals surface area contributed by atoms with Crippen LogP contribution in [-0.2, 0) is 10.0 Å². The van der Waals surface area contributed by atoms with Crippen LogP contribution in [-0.4, -0.2) is 19.5 Å². The van der Waals surface area contributed by atoms with Gasteiger partial charge in [-0.05, 0) is 30.7 Å². The van der Waals surface area contributed by atoms with Crippen LogP contribution in [0.5, 0.6) is 0 Å². The first-order valence-corrected chi connectivity index (χ1v) is 8.63. The van der Waals surface area contributed by atoms with Gasteiger partial charge in [0.1, 0.15) is 4.88 Å². The van der Waals surface area contributed by atoms with Gasteiger partial charge in [-0.2, -0.15) is 0 Å². The number of thiophene rings is 1. The first-order chi connectivity index (χ1) is 9.79. The zero-order chi connectivity index (χ0) is 15.6. The zero-order valence-electron chi connectivity index (χ0n) is 10.9. The second-order valence-electron chi connectivity index (χ2n) is 4.35. The van der Waals surface area contributed by atoms with Gasteiger partial charge in [-0.1, -0.05) is 23.7 Å². The predicted octanol–water partition coefficient (Wildman–Crippen LogP) is 3.14. The van der Waals surface area contributed by atoms with Crippen LogP contribution >= 0.6 is 22.9 Å². The molecule has 1 aromatic carbocycles. The van der Waals surface area contributed by atoms with Crippen molar-refractivity contribution in [1.29, 1.82) is 0 Å². The van der Waals surface area contributed by atoms with Gasteiger partial charge in [0.2, 0.25) is 10.0 Å². The van der Waals surface area contributed by atoms with Crippen molar-refractivity contribution in [2.75, 3.05) is 0 Å². The third-order valence-corrected chi connectivity index (χ3v) is 5.64. The van der Waals surface area contributed by atoms with Gasteiger partial charge >= 0.3 is 5.97 Å². The minimum Gasteiger partial charge on any atom is -0.477 e. The van der Waals surface area contributed by atoms with Crippen LogP contribution in [0.15, 0.2) is 40.6 Å². The number of hydrogen-bond acceptors (Lipinski definition) is 4. The van der Waals surface area contributed by atoms with Gasteiger partial charge < -0.3 is 5.11 Å². The van der Waals surface area contributed by atoms with E-state index in [1.165, 1.54) is 5.38 Å². The van der Waals surface area contributed by atoms with Crippen molar-refractivity contribution in [1.82, 2.24) is 4.72 Å². The Labute approximate surface area is 131 Å². The fraction of sp³-hybridized carbons (Fsp3) is 0.154. The molecule has 2 rings (SSSR count). The molecule has 1 atom stereocenters. The molecule has 112 valence electrons. The summed E-state index contributed by atoms with van der Waals surface area (Å²) in [6.07, 6.45) is 0. The van der Waals surface area contributed by atoms with Crippen LogP contribution in [0, 0.1) is 0 Å². The highest BCUT2D eigenvalue weighted by atomic mass is 35.5. The lowest BCUT2D eigenvalue weighted by Gasteiger charge is -2.14. The molecule has 0 saturated heterocycles. The lowest BCUT2D eigenvalue weighted by Crippen LogP contribution is -2.26. The average Bonchev–Trinajstić information content (AvgIpc) is 2.89. The Morgan fingerprint density at radius 2 is 1.95 bits per heavy atom. The summed E-state index contributed by atoms with van der Waals surface area (Å²) in [7, 11) is -3.77. The standard InChI is InChI=1S/C13H12ClNO4S2/c1-8(9-2-4-10(14)5-3-9)15-21(18,19)11-6-12(13(16)17)20-7-11/h2-8,15H,1H3,(H,16,17). The van der Waals surface area contributed by atoms with Crippen molar-refractivity contribution in [3.63, 3.8) is 0 Å². The molecule has 0 spiro atoms. The van der Waals surface area contributed by atoms with E-state index in [1.807, 2.05) is 0 Å². The first kappa shape index (κ1) is 16.0. The normalized spacial score (nSPS) is 13.0. The molecule has 1 heterocycles. The molecular formula is C13H12ClNO4S2. The van der Waals surface area contributed by atoms with Crippen molar-refractivity contribution < 1.29 is 18.3 Å².